The van der Waals surface area contributed by atoms with E-state index in [2.05, 4.69) is 8.91 Å². The van der Waals surface area contributed by atoms with Gasteiger partial charge in [0.05, 0.1) is 0 Å². The fourth-order valence-electron chi connectivity index (χ4n) is 0.0298. The van der Waals surface area contributed by atoms with Gasteiger partial charge < -0.3 is 0 Å². The Balaban J connectivity index is 2.63. The first-order valence-corrected chi connectivity index (χ1v) is 3.38. The summed E-state index contributed by atoms with van der Waals surface area (Å²) in [6.45, 7) is 0. The molecule has 0 saturated heterocycles. The Morgan fingerprint density at radius 1 is 1.33 bits per heavy atom. The minimum absolute atomic E-state index is 2.87. The van der Waals surface area contributed by atoms with E-state index in [9.17, 15) is 0 Å². The number of rotatable bonds is 2. The Hall–Kier alpha value is 0.358. The van der Waals surface area contributed by atoms with Crippen molar-refractivity contribution in [2.75, 3.05) is 0 Å². The summed E-state index contributed by atoms with van der Waals surface area (Å²) >= 11 is -3.20. The van der Waals surface area contributed by atoms with Gasteiger partial charge in [-0.05, 0) is 0 Å². The summed E-state index contributed by atoms with van der Waals surface area (Å²) in [6.07, 6.45) is 0. The predicted molar refractivity (Wildman–Crippen MR) is 15.0 cm³/mol. The first-order chi connectivity index (χ1) is 2.77. The van der Waals surface area contributed by atoms with Crippen LogP contribution in [-0.2, 0) is 8.91 Å². The summed E-state index contributed by atoms with van der Waals surface area (Å²) in [5.74, 6) is 0. The van der Waals surface area contributed by atoms with Crippen LogP contribution in [0.15, 0.2) is 0 Å². The molecule has 0 aromatic carbocycles. The quantitative estimate of drug-likeness (QED) is 0.255. The monoisotopic (exact) mass is 158 g/mol. The molecule has 6 heavy (non-hydrogen) atoms. The molecular weight excluding hydrogens is 155 g/mol. The zero-order chi connectivity index (χ0) is 4.99. The molecule has 0 aliphatic carbocycles. The second kappa shape index (κ2) is 3.55. The van der Waals surface area contributed by atoms with Crippen LogP contribution < -0.4 is 0 Å². The topological polar surface area (TPSA) is 79.2 Å². The number of hydrogen-bond donors (Lipinski definition) is 3. The summed E-state index contributed by atoms with van der Waals surface area (Å²) < 4.78 is 18.8. The van der Waals surface area contributed by atoms with Crippen molar-refractivity contribution in [1.29, 1.82) is 0 Å². The third kappa shape index (κ3) is 4.36. The summed E-state index contributed by atoms with van der Waals surface area (Å²) in [6, 6.07) is 0. The van der Waals surface area contributed by atoms with E-state index >= 15 is 0 Å². The fraction of sp³-hybridized carbons (Fsp3) is 0. The van der Waals surface area contributed by atoms with E-state index in [0.29, 0.717) is 0 Å². The molecule has 0 radical (unpaired) electrons. The first kappa shape index (κ1) is 6.36. The standard InChI is InChI=1S/AsH3O5/c2-1(3)5-6-4/h2-4H. The van der Waals surface area contributed by atoms with Gasteiger partial charge in [-0.1, -0.05) is 0 Å². The zero-order valence-corrected chi connectivity index (χ0v) is 4.48. The van der Waals surface area contributed by atoms with Crippen molar-refractivity contribution in [2.24, 2.45) is 0 Å². The van der Waals surface area contributed by atoms with Crippen LogP contribution in [0.5, 0.6) is 0 Å². The Morgan fingerprint density at radius 3 is 1.83 bits per heavy atom. The minimum atomic E-state index is -3.20. The maximum absolute atomic E-state index is 7.75. The maximum atomic E-state index is 7.75. The van der Waals surface area contributed by atoms with Gasteiger partial charge in [0, 0.05) is 0 Å². The van der Waals surface area contributed by atoms with Gasteiger partial charge in [-0.15, -0.1) is 0 Å². The molecule has 0 saturated carbocycles. The molecular formula is H3AsO5. The van der Waals surface area contributed by atoms with Gasteiger partial charge in [-0.2, -0.15) is 0 Å². The van der Waals surface area contributed by atoms with Crippen LogP contribution in [0.1, 0.15) is 0 Å². The third-order valence-electron chi connectivity index (χ3n) is 0.100. The van der Waals surface area contributed by atoms with Gasteiger partial charge in [0.1, 0.15) is 0 Å². The summed E-state index contributed by atoms with van der Waals surface area (Å²) in [7, 11) is 0. The van der Waals surface area contributed by atoms with Crippen molar-refractivity contribution in [3.63, 3.8) is 0 Å². The van der Waals surface area contributed by atoms with Crippen LogP contribution in [0.4, 0.5) is 0 Å². The second-order valence-corrected chi connectivity index (χ2v) is 1.78. The van der Waals surface area contributed by atoms with Gasteiger partial charge in [0.15, 0.2) is 0 Å². The predicted octanol–water partition coefficient (Wildman–Crippen LogP) is -1.62. The van der Waals surface area contributed by atoms with Crippen molar-refractivity contribution in [3.8, 4) is 0 Å². The third-order valence-corrected chi connectivity index (χ3v) is 0.520. The average molecular weight is 158 g/mol. The Labute approximate surface area is 38.9 Å². The van der Waals surface area contributed by atoms with E-state index in [1.165, 1.54) is 0 Å². The van der Waals surface area contributed by atoms with Crippen molar-refractivity contribution in [3.05, 3.63) is 0 Å². The van der Waals surface area contributed by atoms with Crippen molar-refractivity contribution in [1.82, 2.24) is 0 Å². The summed E-state index contributed by atoms with van der Waals surface area (Å²) in [5, 5.41) is 10.1. The van der Waals surface area contributed by atoms with Gasteiger partial charge in [0.25, 0.3) is 0 Å². The molecule has 0 rings (SSSR count). The van der Waals surface area contributed by atoms with Crippen LogP contribution in [0.3, 0.4) is 0 Å². The van der Waals surface area contributed by atoms with E-state index in [-0.39, 0.29) is 0 Å². The Morgan fingerprint density at radius 2 is 1.83 bits per heavy atom. The molecule has 0 unspecified atom stereocenters. The molecule has 38 valence electrons. The Kier molecular flexibility index (Phi) is 3.76. The van der Waals surface area contributed by atoms with Gasteiger partial charge in [-0.25, -0.2) is 0 Å². The Bertz CT molecular complexity index is 25.1. The van der Waals surface area contributed by atoms with E-state index in [4.69, 9.17) is 13.4 Å². The van der Waals surface area contributed by atoms with Crippen LogP contribution in [0, 0.1) is 0 Å². The van der Waals surface area contributed by atoms with Crippen LogP contribution in [-0.4, -0.2) is 29.1 Å². The second-order valence-electron chi connectivity index (χ2n) is 0.402. The molecule has 0 aliphatic rings. The van der Waals surface area contributed by atoms with Crippen LogP contribution >= 0.6 is 0 Å². The van der Waals surface area contributed by atoms with Crippen molar-refractivity contribution >= 4 is 15.7 Å². The molecule has 0 spiro atoms. The average Bonchev–Trinajstić information content (AvgIpc) is 1.35. The molecule has 0 aromatic rings. The van der Waals surface area contributed by atoms with E-state index in [1.807, 2.05) is 0 Å². The van der Waals surface area contributed by atoms with Gasteiger partial charge >= 0.3 is 38.0 Å². The molecule has 0 atom stereocenters. The molecule has 0 fully saturated rings. The molecule has 5 nitrogen and oxygen atoms in total. The molecule has 3 N–H and O–H groups in total. The summed E-state index contributed by atoms with van der Waals surface area (Å²) in [5.41, 5.74) is 0. The number of hydrogen-bond acceptors (Lipinski definition) is 5. The van der Waals surface area contributed by atoms with Crippen molar-refractivity contribution in [2.45, 2.75) is 0 Å². The SMILES string of the molecule is OOO[As](O)O. The summed E-state index contributed by atoms with van der Waals surface area (Å²) in [4.78, 5) is 0. The zero-order valence-electron chi connectivity index (χ0n) is 2.61. The molecule has 0 amide bonds. The molecule has 6 heteroatoms. The molecule has 0 aromatic heterocycles. The van der Waals surface area contributed by atoms with Crippen LogP contribution in [0.2, 0.25) is 0 Å². The normalized spacial score (nSPS) is 10.0. The van der Waals surface area contributed by atoms with E-state index in [1.54, 1.807) is 0 Å². The fourth-order valence-corrected chi connectivity index (χ4v) is 0.155. The molecule has 0 aliphatic heterocycles. The van der Waals surface area contributed by atoms with Crippen LogP contribution in [0.25, 0.3) is 0 Å². The van der Waals surface area contributed by atoms with Gasteiger partial charge in [-0.3, -0.25) is 0 Å². The first-order valence-electron chi connectivity index (χ1n) is 0.932. The van der Waals surface area contributed by atoms with Crippen molar-refractivity contribution < 1.29 is 22.4 Å². The molecule has 0 bridgehead atoms. The van der Waals surface area contributed by atoms with E-state index < -0.39 is 15.7 Å². The van der Waals surface area contributed by atoms with Gasteiger partial charge in [0.2, 0.25) is 0 Å². The van der Waals surface area contributed by atoms with E-state index in [0.717, 1.165) is 0 Å². The molecule has 0 heterocycles.